The van der Waals surface area contributed by atoms with E-state index in [1.807, 2.05) is 42.9 Å². The van der Waals surface area contributed by atoms with Gasteiger partial charge in [0.15, 0.2) is 5.65 Å². The minimum Gasteiger partial charge on any atom is -0.344 e. The van der Waals surface area contributed by atoms with Gasteiger partial charge in [0.25, 0.3) is 0 Å². The van der Waals surface area contributed by atoms with Gasteiger partial charge in [-0.3, -0.25) is 0 Å². The largest absolute Gasteiger partial charge is 0.344 e. The number of nitrogens with one attached hydrogen (secondary N) is 2. The Morgan fingerprint density at radius 3 is 2.91 bits per heavy atom. The Kier molecular flexibility index (Phi) is 5.17. The van der Waals surface area contributed by atoms with E-state index in [0.717, 1.165) is 75.8 Å². The molecule has 2 aliphatic heterocycles. The number of piperidine rings is 1. The lowest BCUT2D eigenvalue weighted by atomic mass is 10.1. The van der Waals surface area contributed by atoms with Crippen molar-refractivity contribution in [2.75, 3.05) is 29.7 Å². The van der Waals surface area contributed by atoms with Crippen LogP contribution in [0.25, 0.3) is 44.6 Å². The highest BCUT2D eigenvalue weighted by Crippen LogP contribution is 2.33. The second-order valence-corrected chi connectivity index (χ2v) is 10.3. The molecular weight excluding hydrogens is 456 g/mol. The van der Waals surface area contributed by atoms with Crippen LogP contribution in [0.3, 0.4) is 0 Å². The monoisotopic (exact) mass is 482 g/mol. The molecule has 4 aromatic heterocycles. The Balaban J connectivity index is 1.28. The molecule has 8 nitrogen and oxygen atoms in total. The highest BCUT2D eigenvalue weighted by molar-refractivity contribution is 8.00. The molecule has 1 aromatic carbocycles. The lowest BCUT2D eigenvalue weighted by Crippen LogP contribution is -2.31. The highest BCUT2D eigenvalue weighted by Gasteiger charge is 2.19. The molecule has 0 bridgehead atoms. The van der Waals surface area contributed by atoms with E-state index in [1.54, 1.807) is 0 Å². The molecule has 0 amide bonds. The second kappa shape index (κ2) is 8.66. The molecule has 7 rings (SSSR count). The smallest absolute Gasteiger partial charge is 0.156 e. The lowest BCUT2D eigenvalue weighted by Gasteiger charge is -2.24. The summed E-state index contributed by atoms with van der Waals surface area (Å²) in [5.74, 6) is 2.13. The number of hydrogen-bond acceptors (Lipinski definition) is 7. The summed E-state index contributed by atoms with van der Waals surface area (Å²) < 4.78 is 4.59. The Bertz CT molecular complexity index is 1510. The molecule has 6 heterocycles. The number of hydrogen-bond donors (Lipinski definition) is 2. The van der Waals surface area contributed by atoms with Gasteiger partial charge in [0, 0.05) is 48.4 Å². The summed E-state index contributed by atoms with van der Waals surface area (Å²) in [5, 5.41) is 3.52. The number of rotatable bonds is 4. The third-order valence-corrected chi connectivity index (χ3v) is 8.13. The van der Waals surface area contributed by atoms with E-state index in [0.29, 0.717) is 6.04 Å². The number of pyridine rings is 1. The topological polar surface area (TPSA) is 87.5 Å². The van der Waals surface area contributed by atoms with Crippen LogP contribution in [0.1, 0.15) is 25.3 Å². The maximum Gasteiger partial charge on any atom is 0.156 e. The first-order valence-corrected chi connectivity index (χ1v) is 13.2. The number of anilines is 1. The van der Waals surface area contributed by atoms with Gasteiger partial charge in [-0.2, -0.15) is 0 Å². The molecular formula is C26H26N8S. The van der Waals surface area contributed by atoms with Crippen LogP contribution in [0.2, 0.25) is 0 Å². The summed E-state index contributed by atoms with van der Waals surface area (Å²) >= 11 is 1.83. The molecule has 35 heavy (non-hydrogen) atoms. The average molecular weight is 483 g/mol. The van der Waals surface area contributed by atoms with Gasteiger partial charge in [0.2, 0.25) is 0 Å². The van der Waals surface area contributed by atoms with E-state index < -0.39 is 0 Å². The summed E-state index contributed by atoms with van der Waals surface area (Å²) in [6, 6.07) is 11.0. The Morgan fingerprint density at radius 1 is 1.03 bits per heavy atom. The molecule has 176 valence electrons. The Labute approximate surface area is 207 Å². The van der Waals surface area contributed by atoms with Crippen LogP contribution in [0, 0.1) is 0 Å². The van der Waals surface area contributed by atoms with Crippen LogP contribution >= 0.6 is 11.9 Å². The van der Waals surface area contributed by atoms with Gasteiger partial charge in [-0.25, -0.2) is 19.9 Å². The number of benzene rings is 1. The zero-order valence-corrected chi connectivity index (χ0v) is 20.1. The predicted octanol–water partition coefficient (Wildman–Crippen LogP) is 4.82. The molecule has 0 spiro atoms. The van der Waals surface area contributed by atoms with Gasteiger partial charge in [0.05, 0.1) is 29.3 Å². The zero-order chi connectivity index (χ0) is 23.2. The summed E-state index contributed by atoms with van der Waals surface area (Å²) in [6.45, 7) is 3.12. The van der Waals surface area contributed by atoms with E-state index in [1.165, 1.54) is 19.3 Å². The average Bonchev–Trinajstić information content (AvgIpc) is 3.68. The molecule has 2 aliphatic rings. The van der Waals surface area contributed by atoms with E-state index in [9.17, 15) is 0 Å². The van der Waals surface area contributed by atoms with Crippen molar-refractivity contribution in [2.45, 2.75) is 25.3 Å². The van der Waals surface area contributed by atoms with Crippen molar-refractivity contribution in [3.63, 3.8) is 0 Å². The number of nitrogens with zero attached hydrogens (tertiary/aromatic N) is 6. The Morgan fingerprint density at radius 2 is 2.03 bits per heavy atom. The summed E-state index contributed by atoms with van der Waals surface area (Å²) in [6.07, 6.45) is 11.3. The second-order valence-electron chi connectivity index (χ2n) is 9.20. The molecule has 0 saturated carbocycles. The summed E-state index contributed by atoms with van der Waals surface area (Å²) in [5.41, 5.74) is 7.90. The van der Waals surface area contributed by atoms with Crippen molar-refractivity contribution >= 4 is 40.0 Å². The fraction of sp³-hybridized carbons (Fsp3) is 0.308. The van der Waals surface area contributed by atoms with Crippen molar-refractivity contribution in [3.8, 4) is 22.4 Å². The SMILES string of the molecule is c1cc(-c2cnc3[nH]cc(-c4ccc5ncn(C6CCCNC6)c5c4)c3n2)cc(N2CCCS2)n1. The van der Waals surface area contributed by atoms with Gasteiger partial charge in [-0.15, -0.1) is 0 Å². The molecule has 5 aromatic rings. The molecule has 0 radical (unpaired) electrons. The number of H-pyrrole nitrogens is 1. The van der Waals surface area contributed by atoms with Gasteiger partial charge in [-0.05, 0) is 67.6 Å². The minimum atomic E-state index is 0.438. The van der Waals surface area contributed by atoms with Crippen LogP contribution in [0.15, 0.2) is 55.2 Å². The fourth-order valence-electron chi connectivity index (χ4n) is 5.15. The van der Waals surface area contributed by atoms with E-state index in [2.05, 4.69) is 53.4 Å². The molecule has 0 aliphatic carbocycles. The molecule has 1 atom stereocenters. The van der Waals surface area contributed by atoms with Crippen molar-refractivity contribution in [1.82, 2.24) is 34.8 Å². The third-order valence-electron chi connectivity index (χ3n) is 6.98. The Hall–Kier alpha value is -3.43. The maximum absolute atomic E-state index is 5.05. The quantitative estimate of drug-likeness (QED) is 0.355. The van der Waals surface area contributed by atoms with Crippen LogP contribution in [-0.4, -0.2) is 54.9 Å². The predicted molar refractivity (Wildman–Crippen MR) is 141 cm³/mol. The van der Waals surface area contributed by atoms with Crippen molar-refractivity contribution in [2.24, 2.45) is 0 Å². The van der Waals surface area contributed by atoms with E-state index in [-0.39, 0.29) is 0 Å². The standard InChI is InChI=1S/C26H26N8S/c1-3-19(13-27-7-1)33-16-31-21-5-4-17(11-23(21)33)20-14-29-26-25(20)32-22(15-30-26)18-6-8-28-24(12-18)34-9-2-10-35-34/h4-6,8,11-12,14-16,19,27H,1-3,7,9-10,13H2,(H,29,30). The first-order chi connectivity index (χ1) is 17.3. The van der Waals surface area contributed by atoms with Gasteiger partial charge < -0.3 is 19.2 Å². The van der Waals surface area contributed by atoms with Crippen LogP contribution < -0.4 is 9.62 Å². The number of aromatic amines is 1. The minimum absolute atomic E-state index is 0.438. The summed E-state index contributed by atoms with van der Waals surface area (Å²) in [7, 11) is 0. The van der Waals surface area contributed by atoms with Gasteiger partial charge in [0.1, 0.15) is 11.3 Å². The number of imidazole rings is 1. The van der Waals surface area contributed by atoms with E-state index >= 15 is 0 Å². The highest BCUT2D eigenvalue weighted by atomic mass is 32.2. The van der Waals surface area contributed by atoms with Crippen molar-refractivity contribution in [3.05, 3.63) is 55.2 Å². The molecule has 2 fully saturated rings. The van der Waals surface area contributed by atoms with Crippen LogP contribution in [-0.2, 0) is 0 Å². The summed E-state index contributed by atoms with van der Waals surface area (Å²) in [4.78, 5) is 22.3. The normalized spacial score (nSPS) is 18.6. The van der Waals surface area contributed by atoms with Crippen LogP contribution in [0.5, 0.6) is 0 Å². The van der Waals surface area contributed by atoms with E-state index in [4.69, 9.17) is 9.97 Å². The fourth-order valence-corrected chi connectivity index (χ4v) is 6.12. The number of aromatic nitrogens is 6. The third kappa shape index (κ3) is 3.75. The van der Waals surface area contributed by atoms with Crippen LogP contribution in [0.4, 0.5) is 5.82 Å². The maximum atomic E-state index is 5.05. The zero-order valence-electron chi connectivity index (χ0n) is 19.3. The first-order valence-electron chi connectivity index (χ1n) is 12.2. The van der Waals surface area contributed by atoms with Crippen molar-refractivity contribution < 1.29 is 0 Å². The van der Waals surface area contributed by atoms with Gasteiger partial charge in [-0.1, -0.05) is 6.07 Å². The molecule has 1 unspecified atom stereocenters. The van der Waals surface area contributed by atoms with Crippen molar-refractivity contribution in [1.29, 1.82) is 0 Å². The first kappa shape index (κ1) is 20.9. The molecule has 2 saturated heterocycles. The number of fused-ring (bicyclic) bond motifs is 2. The molecule has 2 N–H and O–H groups in total. The lowest BCUT2D eigenvalue weighted by molar-refractivity contribution is 0.378. The molecule has 9 heteroatoms. The van der Waals surface area contributed by atoms with Gasteiger partial charge >= 0.3 is 0 Å².